The zero-order chi connectivity index (χ0) is 18.7. The van der Waals surface area contributed by atoms with Crippen molar-refractivity contribution >= 4 is 11.8 Å². The van der Waals surface area contributed by atoms with Crippen LogP contribution in [0.4, 0.5) is 14.6 Å². The molecule has 1 saturated heterocycles. The predicted octanol–water partition coefficient (Wildman–Crippen LogP) is 2.73. The van der Waals surface area contributed by atoms with Crippen molar-refractivity contribution in [2.45, 2.75) is 19.4 Å². The number of piperazine rings is 1. The van der Waals surface area contributed by atoms with Crippen molar-refractivity contribution in [3.8, 4) is 0 Å². The van der Waals surface area contributed by atoms with Crippen molar-refractivity contribution in [2.24, 2.45) is 0 Å². The van der Waals surface area contributed by atoms with Crippen molar-refractivity contribution in [2.75, 3.05) is 31.1 Å². The van der Waals surface area contributed by atoms with Gasteiger partial charge in [0.1, 0.15) is 17.5 Å². The fourth-order valence-corrected chi connectivity index (χ4v) is 3.30. The lowest BCUT2D eigenvalue weighted by molar-refractivity contribution is 0.0690. The highest BCUT2D eigenvalue weighted by Gasteiger charge is 2.26. The van der Waals surface area contributed by atoms with Crippen molar-refractivity contribution in [3.05, 3.63) is 53.5 Å². The lowest BCUT2D eigenvalue weighted by Gasteiger charge is -2.39. The molecular formula is C18H20F2N4O2. The summed E-state index contributed by atoms with van der Waals surface area (Å²) in [4.78, 5) is 23.1. The van der Waals surface area contributed by atoms with Gasteiger partial charge in [-0.15, -0.1) is 0 Å². The van der Waals surface area contributed by atoms with Gasteiger partial charge in [0.25, 0.3) is 0 Å². The molecule has 2 heterocycles. The number of carbonyl (C=O) groups is 1. The van der Waals surface area contributed by atoms with Gasteiger partial charge >= 0.3 is 5.97 Å². The third kappa shape index (κ3) is 3.80. The molecule has 0 radical (unpaired) electrons. The molecule has 2 aromatic rings. The number of halogens is 2. The first kappa shape index (κ1) is 18.2. The number of carboxylic acid groups (broad SMARTS) is 1. The highest BCUT2D eigenvalue weighted by atomic mass is 19.1. The van der Waals surface area contributed by atoms with Gasteiger partial charge in [0, 0.05) is 43.9 Å². The van der Waals surface area contributed by atoms with Crippen molar-refractivity contribution in [1.82, 2.24) is 14.9 Å². The Balaban J connectivity index is 1.67. The van der Waals surface area contributed by atoms with Gasteiger partial charge in [-0.25, -0.2) is 23.5 Å². The van der Waals surface area contributed by atoms with Crippen LogP contribution in [0.1, 0.15) is 35.4 Å². The van der Waals surface area contributed by atoms with E-state index in [9.17, 15) is 13.6 Å². The van der Waals surface area contributed by atoms with Gasteiger partial charge in [0.15, 0.2) is 5.69 Å². The largest absolute Gasteiger partial charge is 0.476 e. The van der Waals surface area contributed by atoms with Crippen molar-refractivity contribution in [3.63, 3.8) is 0 Å². The molecule has 1 aliphatic heterocycles. The van der Waals surface area contributed by atoms with Gasteiger partial charge in [-0.3, -0.25) is 4.90 Å². The number of hydrogen-bond acceptors (Lipinski definition) is 5. The summed E-state index contributed by atoms with van der Waals surface area (Å²) in [6, 6.07) is 3.62. The second-order valence-electron chi connectivity index (χ2n) is 6.18. The molecule has 8 heteroatoms. The zero-order valence-corrected chi connectivity index (χ0v) is 14.4. The maximum absolute atomic E-state index is 14.1. The van der Waals surface area contributed by atoms with Crippen molar-refractivity contribution in [1.29, 1.82) is 0 Å². The molecule has 1 N–H and O–H groups in total. The summed E-state index contributed by atoms with van der Waals surface area (Å²) in [7, 11) is 0. The summed E-state index contributed by atoms with van der Waals surface area (Å²) < 4.78 is 27.3. The van der Waals surface area contributed by atoms with E-state index < -0.39 is 17.6 Å². The Morgan fingerprint density at radius 1 is 1.19 bits per heavy atom. The number of aromatic carboxylic acids is 1. The number of aromatic nitrogens is 2. The van der Waals surface area contributed by atoms with Crippen LogP contribution >= 0.6 is 0 Å². The number of nitrogens with zero attached hydrogens (tertiary/aromatic N) is 4. The van der Waals surface area contributed by atoms with Crippen LogP contribution in [-0.4, -0.2) is 52.1 Å². The number of anilines is 1. The van der Waals surface area contributed by atoms with E-state index in [4.69, 9.17) is 5.11 Å². The molecule has 1 fully saturated rings. The van der Waals surface area contributed by atoms with Gasteiger partial charge in [-0.05, 0) is 12.5 Å². The van der Waals surface area contributed by atoms with Crippen LogP contribution in [0.2, 0.25) is 0 Å². The van der Waals surface area contributed by atoms with Gasteiger partial charge in [0.2, 0.25) is 0 Å². The lowest BCUT2D eigenvalue weighted by Crippen LogP contribution is -2.48. The monoisotopic (exact) mass is 362 g/mol. The lowest BCUT2D eigenvalue weighted by atomic mass is 10.0. The van der Waals surface area contributed by atoms with Gasteiger partial charge in [0.05, 0.1) is 12.4 Å². The van der Waals surface area contributed by atoms with E-state index in [1.54, 1.807) is 0 Å². The van der Waals surface area contributed by atoms with Gasteiger partial charge in [-0.2, -0.15) is 0 Å². The summed E-state index contributed by atoms with van der Waals surface area (Å²) in [6.45, 7) is 4.70. The van der Waals surface area contributed by atoms with Crippen molar-refractivity contribution < 1.29 is 18.7 Å². The maximum Gasteiger partial charge on any atom is 0.356 e. The number of hydrogen-bond donors (Lipinski definition) is 1. The van der Waals surface area contributed by atoms with Crippen LogP contribution in [-0.2, 0) is 0 Å². The first-order chi connectivity index (χ1) is 12.5. The SMILES string of the molecule is CCC(c1ccc(F)cc1F)N1CCN(c2cnc(C(=O)O)cn2)CC1. The Hall–Kier alpha value is -2.61. The van der Waals surface area contributed by atoms with E-state index in [0.29, 0.717) is 37.6 Å². The second kappa shape index (κ2) is 7.74. The second-order valence-corrected chi connectivity index (χ2v) is 6.18. The van der Waals surface area contributed by atoms with Crippen LogP contribution in [0.25, 0.3) is 0 Å². The van der Waals surface area contributed by atoms with E-state index in [1.807, 2.05) is 11.8 Å². The average Bonchev–Trinajstić information content (AvgIpc) is 2.64. The summed E-state index contributed by atoms with van der Waals surface area (Å²) in [5.41, 5.74) is 0.415. The topological polar surface area (TPSA) is 69.6 Å². The third-order valence-corrected chi connectivity index (χ3v) is 4.64. The minimum atomic E-state index is -1.11. The van der Waals surface area contributed by atoms with Crippen LogP contribution in [0, 0.1) is 11.6 Å². The summed E-state index contributed by atoms with van der Waals surface area (Å²) in [6.07, 6.45) is 3.42. The molecule has 0 bridgehead atoms. The number of benzene rings is 1. The Morgan fingerprint density at radius 3 is 2.46 bits per heavy atom. The first-order valence-electron chi connectivity index (χ1n) is 8.49. The standard InChI is InChI=1S/C18H20F2N4O2/c1-2-16(13-4-3-12(19)9-14(13)20)23-5-7-24(8-6-23)17-11-21-15(10-22-17)18(25)26/h3-4,9-11,16H,2,5-8H2,1H3,(H,25,26). The fraction of sp³-hybridized carbons (Fsp3) is 0.389. The highest BCUT2D eigenvalue weighted by Crippen LogP contribution is 2.28. The molecule has 6 nitrogen and oxygen atoms in total. The molecule has 26 heavy (non-hydrogen) atoms. The Bertz CT molecular complexity index is 777. The van der Waals surface area contributed by atoms with Gasteiger partial charge in [-0.1, -0.05) is 13.0 Å². The quantitative estimate of drug-likeness (QED) is 0.882. The molecule has 1 aliphatic rings. The molecule has 138 valence electrons. The van der Waals surface area contributed by atoms with E-state index in [1.165, 1.54) is 24.5 Å². The molecule has 1 atom stereocenters. The van der Waals surface area contributed by atoms with Crippen LogP contribution in [0.5, 0.6) is 0 Å². The predicted molar refractivity (Wildman–Crippen MR) is 92.2 cm³/mol. The Labute approximate surface area is 150 Å². The first-order valence-corrected chi connectivity index (χ1v) is 8.49. The molecule has 1 aromatic carbocycles. The zero-order valence-electron chi connectivity index (χ0n) is 14.4. The normalized spacial score (nSPS) is 16.5. The Morgan fingerprint density at radius 2 is 1.92 bits per heavy atom. The minimum absolute atomic E-state index is 0.0924. The number of carboxylic acids is 1. The molecule has 1 aromatic heterocycles. The molecule has 0 spiro atoms. The molecular weight excluding hydrogens is 342 g/mol. The van der Waals surface area contributed by atoms with Crippen LogP contribution in [0.3, 0.4) is 0 Å². The average molecular weight is 362 g/mol. The smallest absolute Gasteiger partial charge is 0.356 e. The molecule has 1 unspecified atom stereocenters. The number of rotatable bonds is 5. The summed E-state index contributed by atoms with van der Waals surface area (Å²) in [5.74, 6) is -1.58. The van der Waals surface area contributed by atoms with E-state index in [0.717, 1.165) is 12.5 Å². The van der Waals surface area contributed by atoms with E-state index >= 15 is 0 Å². The van der Waals surface area contributed by atoms with Crippen LogP contribution in [0.15, 0.2) is 30.6 Å². The summed E-state index contributed by atoms with van der Waals surface area (Å²) in [5, 5.41) is 8.88. The molecule has 0 saturated carbocycles. The molecule has 0 aliphatic carbocycles. The van der Waals surface area contributed by atoms with E-state index in [2.05, 4.69) is 14.9 Å². The van der Waals surface area contributed by atoms with Gasteiger partial charge < -0.3 is 10.0 Å². The highest BCUT2D eigenvalue weighted by molar-refractivity contribution is 5.84. The van der Waals surface area contributed by atoms with E-state index in [-0.39, 0.29) is 11.7 Å². The maximum atomic E-state index is 14.1. The minimum Gasteiger partial charge on any atom is -0.476 e. The fourth-order valence-electron chi connectivity index (χ4n) is 3.30. The summed E-state index contributed by atoms with van der Waals surface area (Å²) >= 11 is 0. The molecule has 3 rings (SSSR count). The molecule has 0 amide bonds. The Kier molecular flexibility index (Phi) is 5.41. The van der Waals surface area contributed by atoms with Crippen LogP contribution < -0.4 is 4.90 Å². The third-order valence-electron chi connectivity index (χ3n) is 4.64.